The molecule has 0 saturated heterocycles. The van der Waals surface area contributed by atoms with Crippen LogP contribution < -0.4 is 5.32 Å². The Balaban J connectivity index is 1.59. The van der Waals surface area contributed by atoms with Crippen molar-refractivity contribution in [3.8, 4) is 0 Å². The molecule has 0 spiro atoms. The molecule has 1 fully saturated rings. The van der Waals surface area contributed by atoms with Gasteiger partial charge in [-0.05, 0) is 55.7 Å². The molecule has 2 aromatic carbocycles. The highest BCUT2D eigenvalue weighted by molar-refractivity contribution is 7.18. The van der Waals surface area contributed by atoms with Gasteiger partial charge in [-0.3, -0.25) is 4.79 Å². The molecule has 1 heterocycles. The molecule has 1 aliphatic carbocycles. The van der Waals surface area contributed by atoms with Crippen LogP contribution in [0.3, 0.4) is 0 Å². The molecule has 4 rings (SSSR count). The van der Waals surface area contributed by atoms with Crippen LogP contribution >= 0.6 is 22.9 Å². The summed E-state index contributed by atoms with van der Waals surface area (Å²) < 4.78 is 1.09. The Morgan fingerprint density at radius 1 is 1.22 bits per heavy atom. The Labute approximate surface area is 143 Å². The minimum Gasteiger partial charge on any atom is -0.325 e. The highest BCUT2D eigenvalue weighted by atomic mass is 35.5. The molecule has 23 heavy (non-hydrogen) atoms. The number of nitrogens with one attached hydrogen (secondary N) is 1. The maximum atomic E-state index is 12.8. The second kappa shape index (κ2) is 5.32. The molecule has 1 aliphatic rings. The standard InChI is InChI=1S/C18H15ClN2OS/c1-11-20-15-7-6-14(10-16(15)23-11)21-17(22)18(8-9-18)12-2-4-13(19)5-3-12/h2-7,10H,8-9H2,1H3,(H,21,22). The van der Waals surface area contributed by atoms with Gasteiger partial charge in [0.15, 0.2) is 0 Å². The van der Waals surface area contributed by atoms with Gasteiger partial charge in [-0.1, -0.05) is 23.7 Å². The smallest absolute Gasteiger partial charge is 0.235 e. The van der Waals surface area contributed by atoms with Gasteiger partial charge < -0.3 is 5.32 Å². The number of rotatable bonds is 3. The molecule has 3 nitrogen and oxygen atoms in total. The van der Waals surface area contributed by atoms with E-state index in [9.17, 15) is 4.79 Å². The number of thiazole rings is 1. The molecule has 1 saturated carbocycles. The lowest BCUT2D eigenvalue weighted by Crippen LogP contribution is -2.27. The average molecular weight is 343 g/mol. The Morgan fingerprint density at radius 2 is 1.96 bits per heavy atom. The zero-order valence-electron chi connectivity index (χ0n) is 12.6. The van der Waals surface area contributed by atoms with E-state index in [1.807, 2.05) is 49.4 Å². The quantitative estimate of drug-likeness (QED) is 0.733. The van der Waals surface area contributed by atoms with Crippen molar-refractivity contribution in [1.29, 1.82) is 0 Å². The Hall–Kier alpha value is -1.91. The molecule has 5 heteroatoms. The van der Waals surface area contributed by atoms with E-state index in [2.05, 4.69) is 10.3 Å². The molecular formula is C18H15ClN2OS. The van der Waals surface area contributed by atoms with E-state index in [-0.39, 0.29) is 5.91 Å². The molecule has 1 amide bonds. The van der Waals surface area contributed by atoms with Gasteiger partial charge in [-0.2, -0.15) is 0 Å². The van der Waals surface area contributed by atoms with Gasteiger partial charge in [0.1, 0.15) is 0 Å². The van der Waals surface area contributed by atoms with Crippen molar-refractivity contribution in [3.05, 3.63) is 58.1 Å². The zero-order valence-corrected chi connectivity index (χ0v) is 14.2. The van der Waals surface area contributed by atoms with E-state index in [4.69, 9.17) is 11.6 Å². The Morgan fingerprint density at radius 3 is 2.65 bits per heavy atom. The summed E-state index contributed by atoms with van der Waals surface area (Å²) in [5.41, 5.74) is 2.44. The lowest BCUT2D eigenvalue weighted by molar-refractivity contribution is -0.118. The summed E-state index contributed by atoms with van der Waals surface area (Å²) in [5, 5.41) is 4.79. The highest BCUT2D eigenvalue weighted by Crippen LogP contribution is 2.49. The Bertz CT molecular complexity index is 897. The van der Waals surface area contributed by atoms with Crippen LogP contribution in [-0.4, -0.2) is 10.9 Å². The van der Waals surface area contributed by atoms with Gasteiger partial charge in [0, 0.05) is 10.7 Å². The van der Waals surface area contributed by atoms with Crippen LogP contribution in [0.25, 0.3) is 10.2 Å². The number of fused-ring (bicyclic) bond motifs is 1. The number of hydrogen-bond donors (Lipinski definition) is 1. The monoisotopic (exact) mass is 342 g/mol. The number of aromatic nitrogens is 1. The van der Waals surface area contributed by atoms with Crippen molar-refractivity contribution in [2.75, 3.05) is 5.32 Å². The van der Waals surface area contributed by atoms with Gasteiger partial charge in [0.05, 0.1) is 20.6 Å². The lowest BCUT2D eigenvalue weighted by Gasteiger charge is -2.16. The number of aryl methyl sites for hydroxylation is 1. The molecule has 0 aliphatic heterocycles. The normalized spacial score (nSPS) is 15.6. The third kappa shape index (κ3) is 2.62. The first kappa shape index (κ1) is 14.7. The van der Waals surface area contributed by atoms with Crippen molar-refractivity contribution < 1.29 is 4.79 Å². The second-order valence-corrected chi connectivity index (χ2v) is 7.63. The molecule has 0 atom stereocenters. The maximum absolute atomic E-state index is 12.8. The van der Waals surface area contributed by atoms with Crippen molar-refractivity contribution >= 4 is 44.7 Å². The van der Waals surface area contributed by atoms with Crippen molar-refractivity contribution in [2.24, 2.45) is 0 Å². The number of carbonyl (C=O) groups excluding carboxylic acids is 1. The predicted molar refractivity (Wildman–Crippen MR) is 95.4 cm³/mol. The van der Waals surface area contributed by atoms with Gasteiger partial charge in [-0.25, -0.2) is 4.98 Å². The highest BCUT2D eigenvalue weighted by Gasteiger charge is 2.51. The fourth-order valence-electron chi connectivity index (χ4n) is 2.91. The second-order valence-electron chi connectivity index (χ2n) is 5.96. The molecule has 1 N–H and O–H groups in total. The molecular weight excluding hydrogens is 328 g/mol. The minimum absolute atomic E-state index is 0.0559. The van der Waals surface area contributed by atoms with Gasteiger partial charge >= 0.3 is 0 Å². The number of halogens is 1. The van der Waals surface area contributed by atoms with E-state index < -0.39 is 5.41 Å². The van der Waals surface area contributed by atoms with E-state index in [0.717, 1.165) is 39.3 Å². The minimum atomic E-state index is -0.400. The summed E-state index contributed by atoms with van der Waals surface area (Å²) in [6.45, 7) is 1.99. The number of hydrogen-bond acceptors (Lipinski definition) is 3. The van der Waals surface area contributed by atoms with Crippen molar-refractivity contribution in [1.82, 2.24) is 4.98 Å². The molecule has 116 valence electrons. The predicted octanol–water partition coefficient (Wildman–Crippen LogP) is 4.93. The molecule has 1 aromatic heterocycles. The summed E-state index contributed by atoms with van der Waals surface area (Å²) in [5.74, 6) is 0.0559. The van der Waals surface area contributed by atoms with Crippen LogP contribution in [0.4, 0.5) is 5.69 Å². The van der Waals surface area contributed by atoms with Crippen molar-refractivity contribution in [3.63, 3.8) is 0 Å². The van der Waals surface area contributed by atoms with Gasteiger partial charge in [0.25, 0.3) is 0 Å². The van der Waals surface area contributed by atoms with Crippen LogP contribution in [-0.2, 0) is 10.2 Å². The largest absolute Gasteiger partial charge is 0.325 e. The fourth-order valence-corrected chi connectivity index (χ4v) is 3.90. The van der Waals surface area contributed by atoms with Gasteiger partial charge in [-0.15, -0.1) is 11.3 Å². The first-order valence-electron chi connectivity index (χ1n) is 7.52. The molecule has 0 radical (unpaired) electrons. The number of carbonyl (C=O) groups is 1. The molecule has 0 bridgehead atoms. The topological polar surface area (TPSA) is 42.0 Å². The Kier molecular flexibility index (Phi) is 3.39. The third-order valence-corrected chi connectivity index (χ3v) is 5.52. The van der Waals surface area contributed by atoms with E-state index in [1.165, 1.54) is 0 Å². The summed E-state index contributed by atoms with van der Waals surface area (Å²) >= 11 is 7.58. The SMILES string of the molecule is Cc1nc2ccc(NC(=O)C3(c4ccc(Cl)cc4)CC3)cc2s1. The molecule has 3 aromatic rings. The summed E-state index contributed by atoms with van der Waals surface area (Å²) in [6.07, 6.45) is 1.75. The van der Waals surface area contributed by atoms with Crippen molar-refractivity contribution in [2.45, 2.75) is 25.2 Å². The summed E-state index contributed by atoms with van der Waals surface area (Å²) in [6, 6.07) is 13.4. The van der Waals surface area contributed by atoms with Gasteiger partial charge in [0.2, 0.25) is 5.91 Å². The van der Waals surface area contributed by atoms with E-state index in [1.54, 1.807) is 11.3 Å². The van der Waals surface area contributed by atoms with Crippen LogP contribution in [0.1, 0.15) is 23.4 Å². The van der Waals surface area contributed by atoms with Crippen LogP contribution in [0, 0.1) is 6.92 Å². The van der Waals surface area contributed by atoms with Crippen LogP contribution in [0.5, 0.6) is 0 Å². The molecule has 0 unspecified atom stereocenters. The number of nitrogens with zero attached hydrogens (tertiary/aromatic N) is 1. The number of benzene rings is 2. The maximum Gasteiger partial charge on any atom is 0.235 e. The van der Waals surface area contributed by atoms with Crippen LogP contribution in [0.15, 0.2) is 42.5 Å². The first-order valence-corrected chi connectivity index (χ1v) is 8.71. The number of anilines is 1. The van der Waals surface area contributed by atoms with Crippen LogP contribution in [0.2, 0.25) is 5.02 Å². The van der Waals surface area contributed by atoms with E-state index >= 15 is 0 Å². The third-order valence-electron chi connectivity index (χ3n) is 4.33. The zero-order chi connectivity index (χ0) is 16.0. The summed E-state index contributed by atoms with van der Waals surface area (Å²) in [4.78, 5) is 17.2. The number of amides is 1. The average Bonchev–Trinajstić information content (AvgIpc) is 3.25. The first-order chi connectivity index (χ1) is 11.1. The summed E-state index contributed by atoms with van der Waals surface area (Å²) in [7, 11) is 0. The lowest BCUT2D eigenvalue weighted by atomic mass is 9.95. The fraction of sp³-hybridized carbons (Fsp3) is 0.222. The van der Waals surface area contributed by atoms with E-state index in [0.29, 0.717) is 5.02 Å².